The van der Waals surface area contributed by atoms with Gasteiger partial charge in [-0.2, -0.15) is 0 Å². The van der Waals surface area contributed by atoms with Crippen LogP contribution < -0.4 is 0 Å². The molecule has 0 atom stereocenters. The Morgan fingerprint density at radius 2 is 1.00 bits per heavy atom. The molecule has 0 radical (unpaired) electrons. The molecule has 39 heavy (non-hydrogen) atoms. The molecule has 0 aliphatic rings. The van der Waals surface area contributed by atoms with Crippen LogP contribution in [0.3, 0.4) is 0 Å². The molecule has 2 aromatic heterocycles. The maximum atomic E-state index is 5.10. The van der Waals surface area contributed by atoms with Crippen molar-refractivity contribution in [1.82, 2.24) is 15.0 Å². The van der Waals surface area contributed by atoms with E-state index in [9.17, 15) is 0 Å². The van der Waals surface area contributed by atoms with Crippen LogP contribution >= 0.6 is 11.3 Å². The van der Waals surface area contributed by atoms with Crippen molar-refractivity contribution in [2.24, 2.45) is 0 Å². The molecule has 0 N–H and O–H groups in total. The van der Waals surface area contributed by atoms with Crippen molar-refractivity contribution in [2.75, 3.05) is 0 Å². The summed E-state index contributed by atoms with van der Waals surface area (Å²) in [5, 5.41) is 7.20. The van der Waals surface area contributed by atoms with Crippen molar-refractivity contribution in [3.8, 4) is 34.2 Å². The quantitative estimate of drug-likeness (QED) is 0.235. The molecule has 0 saturated carbocycles. The maximum absolute atomic E-state index is 5.10. The number of benzene rings is 6. The van der Waals surface area contributed by atoms with Gasteiger partial charge in [-0.25, -0.2) is 15.0 Å². The van der Waals surface area contributed by atoms with Gasteiger partial charge in [-0.15, -0.1) is 11.3 Å². The van der Waals surface area contributed by atoms with Crippen molar-refractivity contribution >= 4 is 53.1 Å². The van der Waals surface area contributed by atoms with Crippen LogP contribution in [-0.2, 0) is 0 Å². The molecule has 0 aliphatic heterocycles. The van der Waals surface area contributed by atoms with E-state index in [4.69, 9.17) is 15.0 Å². The van der Waals surface area contributed by atoms with Gasteiger partial charge in [0.2, 0.25) is 0 Å². The van der Waals surface area contributed by atoms with Gasteiger partial charge in [0.25, 0.3) is 0 Å². The Hall–Kier alpha value is -4.93. The number of rotatable bonds is 3. The molecule has 0 saturated heterocycles. The third kappa shape index (κ3) is 3.69. The van der Waals surface area contributed by atoms with E-state index in [1.165, 1.54) is 25.6 Å². The van der Waals surface area contributed by atoms with Crippen LogP contribution in [0.2, 0.25) is 0 Å². The van der Waals surface area contributed by atoms with Crippen LogP contribution in [0.5, 0.6) is 0 Å². The monoisotopic (exact) mass is 515 g/mol. The summed E-state index contributed by atoms with van der Waals surface area (Å²) in [5.41, 5.74) is 2.98. The average Bonchev–Trinajstić information content (AvgIpc) is 3.37. The number of thiophene rings is 1. The lowest BCUT2D eigenvalue weighted by Gasteiger charge is -2.12. The first-order valence-corrected chi connectivity index (χ1v) is 13.8. The number of hydrogen-bond donors (Lipinski definition) is 0. The van der Waals surface area contributed by atoms with E-state index >= 15 is 0 Å². The standard InChI is InChI=1S/C35H21N3S/c1-2-11-23(12-3-1)33-36-34(27-17-8-13-22-10-4-5-15-25(22)27)38-35(37-33)28-18-9-14-24-20-30-26-16-6-7-19-31(26)39-32(30)21-29(24)28/h1-21H. The third-order valence-electron chi connectivity index (χ3n) is 7.32. The van der Waals surface area contributed by atoms with Crippen LogP contribution in [-0.4, -0.2) is 15.0 Å². The Kier molecular flexibility index (Phi) is 5.00. The van der Waals surface area contributed by atoms with Gasteiger partial charge in [-0.3, -0.25) is 0 Å². The highest BCUT2D eigenvalue weighted by atomic mass is 32.1. The molecule has 0 fully saturated rings. The fourth-order valence-corrected chi connectivity index (χ4v) is 6.57. The van der Waals surface area contributed by atoms with E-state index in [1.54, 1.807) is 0 Å². The van der Waals surface area contributed by atoms with E-state index in [0.29, 0.717) is 17.5 Å². The number of hydrogen-bond acceptors (Lipinski definition) is 4. The van der Waals surface area contributed by atoms with Gasteiger partial charge >= 0.3 is 0 Å². The van der Waals surface area contributed by atoms with E-state index < -0.39 is 0 Å². The SMILES string of the molecule is c1ccc(-c2nc(-c3cccc4ccccc34)nc(-c3cccc4cc5c(cc34)sc3ccccc35)n2)cc1. The van der Waals surface area contributed by atoms with Gasteiger partial charge in [0.15, 0.2) is 17.5 Å². The highest BCUT2D eigenvalue weighted by molar-refractivity contribution is 7.25. The molecule has 182 valence electrons. The Bertz CT molecular complexity index is 2180. The number of fused-ring (bicyclic) bond motifs is 5. The minimum absolute atomic E-state index is 0.670. The Morgan fingerprint density at radius 3 is 1.82 bits per heavy atom. The molecule has 0 aliphatic carbocycles. The average molecular weight is 516 g/mol. The first-order valence-electron chi connectivity index (χ1n) is 13.0. The zero-order valence-corrected chi connectivity index (χ0v) is 21.7. The second kappa shape index (κ2) is 8.83. The fraction of sp³-hybridized carbons (Fsp3) is 0. The summed E-state index contributed by atoms with van der Waals surface area (Å²) >= 11 is 1.83. The lowest BCUT2D eigenvalue weighted by molar-refractivity contribution is 1.08. The molecule has 8 rings (SSSR count). The topological polar surface area (TPSA) is 38.7 Å². The van der Waals surface area contributed by atoms with Crippen LogP contribution in [0.25, 0.3) is 75.9 Å². The molecule has 0 bridgehead atoms. The van der Waals surface area contributed by atoms with Crippen molar-refractivity contribution in [3.05, 3.63) is 127 Å². The summed E-state index contributed by atoms with van der Waals surface area (Å²) in [4.78, 5) is 15.1. The van der Waals surface area contributed by atoms with Crippen LogP contribution in [0, 0.1) is 0 Å². The molecule has 3 nitrogen and oxygen atoms in total. The second-order valence-electron chi connectivity index (χ2n) is 9.67. The van der Waals surface area contributed by atoms with Gasteiger partial charge in [0.05, 0.1) is 0 Å². The summed E-state index contributed by atoms with van der Waals surface area (Å²) in [7, 11) is 0. The lowest BCUT2D eigenvalue weighted by atomic mass is 10.0. The van der Waals surface area contributed by atoms with Gasteiger partial charge in [-0.1, -0.05) is 109 Å². The molecule has 6 aromatic carbocycles. The zero-order valence-electron chi connectivity index (χ0n) is 20.9. The first-order chi connectivity index (χ1) is 19.3. The lowest BCUT2D eigenvalue weighted by Crippen LogP contribution is -2.01. The van der Waals surface area contributed by atoms with Crippen LogP contribution in [0.4, 0.5) is 0 Å². The van der Waals surface area contributed by atoms with Crippen LogP contribution in [0.1, 0.15) is 0 Å². The van der Waals surface area contributed by atoms with Crippen molar-refractivity contribution in [1.29, 1.82) is 0 Å². The second-order valence-corrected chi connectivity index (χ2v) is 10.8. The van der Waals surface area contributed by atoms with Gasteiger partial charge < -0.3 is 0 Å². The van der Waals surface area contributed by atoms with Crippen molar-refractivity contribution < 1.29 is 0 Å². The highest BCUT2D eigenvalue weighted by Crippen LogP contribution is 2.39. The summed E-state index contributed by atoms with van der Waals surface area (Å²) in [6, 6.07) is 44.4. The summed E-state index contributed by atoms with van der Waals surface area (Å²) in [6.07, 6.45) is 0. The van der Waals surface area contributed by atoms with Crippen LogP contribution in [0.15, 0.2) is 127 Å². The molecule has 0 amide bonds. The van der Waals surface area contributed by atoms with Gasteiger partial charge in [0, 0.05) is 36.9 Å². The summed E-state index contributed by atoms with van der Waals surface area (Å²) in [6.45, 7) is 0. The number of nitrogens with zero attached hydrogens (tertiary/aromatic N) is 3. The van der Waals surface area contributed by atoms with E-state index in [-0.39, 0.29) is 0 Å². The zero-order chi connectivity index (χ0) is 25.8. The Balaban J connectivity index is 1.41. The molecular formula is C35H21N3S. The normalized spacial score (nSPS) is 11.6. The molecular weight excluding hydrogens is 494 g/mol. The van der Waals surface area contributed by atoms with Gasteiger partial charge in [0.1, 0.15) is 0 Å². The van der Waals surface area contributed by atoms with E-state index in [0.717, 1.165) is 32.8 Å². The van der Waals surface area contributed by atoms with Crippen molar-refractivity contribution in [2.45, 2.75) is 0 Å². The highest BCUT2D eigenvalue weighted by Gasteiger charge is 2.16. The predicted molar refractivity (Wildman–Crippen MR) is 164 cm³/mol. The summed E-state index contributed by atoms with van der Waals surface area (Å²) < 4.78 is 2.57. The molecule has 8 aromatic rings. The van der Waals surface area contributed by atoms with E-state index in [2.05, 4.69) is 109 Å². The third-order valence-corrected chi connectivity index (χ3v) is 8.45. The molecule has 4 heteroatoms. The first kappa shape index (κ1) is 22.1. The predicted octanol–water partition coefficient (Wildman–Crippen LogP) is 9.55. The molecule has 0 unspecified atom stereocenters. The van der Waals surface area contributed by atoms with Crippen molar-refractivity contribution in [3.63, 3.8) is 0 Å². The maximum Gasteiger partial charge on any atom is 0.164 e. The Labute approximate surface area is 229 Å². The largest absolute Gasteiger partial charge is 0.208 e. The number of aromatic nitrogens is 3. The minimum Gasteiger partial charge on any atom is -0.208 e. The Morgan fingerprint density at radius 1 is 0.385 bits per heavy atom. The molecule has 0 spiro atoms. The molecule has 2 heterocycles. The summed E-state index contributed by atoms with van der Waals surface area (Å²) in [5.74, 6) is 2.02. The minimum atomic E-state index is 0.670. The van der Waals surface area contributed by atoms with E-state index in [1.807, 2.05) is 29.5 Å². The smallest absolute Gasteiger partial charge is 0.164 e. The fourth-order valence-electron chi connectivity index (χ4n) is 5.45. The van der Waals surface area contributed by atoms with Gasteiger partial charge in [-0.05, 0) is 39.7 Å².